The van der Waals surface area contributed by atoms with E-state index in [1.165, 1.54) is 4.88 Å². The molecule has 0 unspecified atom stereocenters. The quantitative estimate of drug-likeness (QED) is 0.892. The Kier molecular flexibility index (Phi) is 3.93. The smallest absolute Gasteiger partial charge is 0.238 e. The van der Waals surface area contributed by atoms with Crippen molar-refractivity contribution in [3.05, 3.63) is 16.0 Å². The van der Waals surface area contributed by atoms with Crippen LogP contribution in [-0.4, -0.2) is 18.0 Å². The molecule has 0 aromatic carbocycles. The molecule has 0 spiro atoms. The van der Waals surface area contributed by atoms with Crippen molar-refractivity contribution in [2.45, 2.75) is 45.6 Å². The summed E-state index contributed by atoms with van der Waals surface area (Å²) in [5.41, 5.74) is 1.72. The van der Waals surface area contributed by atoms with E-state index in [1.54, 1.807) is 11.3 Å². The molecule has 0 aliphatic heterocycles. The number of nitrogens with zero attached hydrogens (tertiary/aromatic N) is 1. The summed E-state index contributed by atoms with van der Waals surface area (Å²) in [6.07, 6.45) is 3.12. The Morgan fingerprint density at radius 1 is 1.42 bits per heavy atom. The summed E-state index contributed by atoms with van der Waals surface area (Å²) in [5, 5.41) is 15.9. The Labute approximate surface area is 117 Å². The molecule has 1 aliphatic carbocycles. The van der Waals surface area contributed by atoms with Crippen molar-refractivity contribution in [2.75, 3.05) is 11.9 Å². The highest BCUT2D eigenvalue weighted by molar-refractivity contribution is 7.16. The van der Waals surface area contributed by atoms with E-state index in [0.717, 1.165) is 24.8 Å². The maximum absolute atomic E-state index is 11.9. The fraction of sp³-hybridized carbons (Fsp3) is 0.571. The molecule has 2 N–H and O–H groups in total. The molecule has 0 fully saturated rings. The second-order valence-corrected chi connectivity index (χ2v) is 6.93. The second-order valence-electron chi connectivity index (χ2n) is 5.83. The number of anilines is 1. The van der Waals surface area contributed by atoms with E-state index < -0.39 is 0 Å². The number of nitriles is 1. The van der Waals surface area contributed by atoms with E-state index in [0.29, 0.717) is 10.6 Å². The third-order valence-corrected chi connectivity index (χ3v) is 4.27. The minimum Gasteiger partial charge on any atom is -0.315 e. The summed E-state index contributed by atoms with van der Waals surface area (Å²) in [7, 11) is 0. The van der Waals surface area contributed by atoms with Crippen molar-refractivity contribution in [3.8, 4) is 6.07 Å². The van der Waals surface area contributed by atoms with Crippen LogP contribution in [0.3, 0.4) is 0 Å². The highest BCUT2D eigenvalue weighted by atomic mass is 32.1. The van der Waals surface area contributed by atoms with Crippen LogP contribution in [0.25, 0.3) is 0 Å². The first-order valence-corrected chi connectivity index (χ1v) is 7.32. The van der Waals surface area contributed by atoms with Crippen molar-refractivity contribution < 1.29 is 4.79 Å². The minimum absolute atomic E-state index is 0.0907. The number of hydrogen-bond donors (Lipinski definition) is 2. The second kappa shape index (κ2) is 5.32. The number of thiophene rings is 1. The Morgan fingerprint density at radius 3 is 2.79 bits per heavy atom. The van der Waals surface area contributed by atoms with Gasteiger partial charge in [0.05, 0.1) is 12.1 Å². The van der Waals surface area contributed by atoms with E-state index in [9.17, 15) is 10.1 Å². The molecule has 0 saturated heterocycles. The van der Waals surface area contributed by atoms with Crippen LogP contribution in [0.15, 0.2) is 0 Å². The number of rotatable bonds is 3. The number of hydrogen-bond acceptors (Lipinski definition) is 4. The van der Waals surface area contributed by atoms with E-state index in [2.05, 4.69) is 16.7 Å². The van der Waals surface area contributed by atoms with Gasteiger partial charge >= 0.3 is 0 Å². The molecule has 5 heteroatoms. The van der Waals surface area contributed by atoms with Crippen LogP contribution < -0.4 is 10.6 Å². The molecule has 1 heterocycles. The first kappa shape index (κ1) is 14.0. The molecule has 1 aromatic heterocycles. The van der Waals surface area contributed by atoms with Gasteiger partial charge in [-0.05, 0) is 45.6 Å². The van der Waals surface area contributed by atoms with Crippen LogP contribution in [0.2, 0.25) is 0 Å². The van der Waals surface area contributed by atoms with Crippen LogP contribution in [0, 0.1) is 11.3 Å². The number of aryl methyl sites for hydroxylation is 1. The molecule has 0 atom stereocenters. The molecule has 2 rings (SSSR count). The maximum atomic E-state index is 11.9. The van der Waals surface area contributed by atoms with Crippen molar-refractivity contribution >= 4 is 22.2 Å². The number of carbonyl (C=O) groups excluding carboxylic acids is 1. The number of nitrogens with one attached hydrogen (secondary N) is 2. The van der Waals surface area contributed by atoms with Gasteiger partial charge in [-0.15, -0.1) is 11.3 Å². The zero-order valence-corrected chi connectivity index (χ0v) is 12.4. The van der Waals surface area contributed by atoms with Gasteiger partial charge in [0.25, 0.3) is 0 Å². The van der Waals surface area contributed by atoms with Crippen LogP contribution in [0.1, 0.15) is 43.2 Å². The van der Waals surface area contributed by atoms with Gasteiger partial charge in [0.2, 0.25) is 5.91 Å². The fourth-order valence-electron chi connectivity index (χ4n) is 2.13. The number of amides is 1. The minimum atomic E-state index is -0.0913. The summed E-state index contributed by atoms with van der Waals surface area (Å²) >= 11 is 1.55. The van der Waals surface area contributed by atoms with E-state index >= 15 is 0 Å². The summed E-state index contributed by atoms with van der Waals surface area (Å²) in [4.78, 5) is 13.1. The SMILES string of the molecule is CC(C)(C)NCC(=O)Nc1sc2c(c1C#N)CCC2. The zero-order valence-electron chi connectivity index (χ0n) is 11.6. The van der Waals surface area contributed by atoms with Crippen LogP contribution in [0.5, 0.6) is 0 Å². The average Bonchev–Trinajstić information content (AvgIpc) is 2.85. The largest absolute Gasteiger partial charge is 0.315 e. The van der Waals surface area contributed by atoms with Gasteiger partial charge in [-0.25, -0.2) is 0 Å². The molecule has 102 valence electrons. The highest BCUT2D eigenvalue weighted by Gasteiger charge is 2.23. The molecule has 1 amide bonds. The van der Waals surface area contributed by atoms with Gasteiger partial charge in [0, 0.05) is 10.4 Å². The Balaban J connectivity index is 2.04. The van der Waals surface area contributed by atoms with Gasteiger partial charge in [-0.3, -0.25) is 4.79 Å². The number of carbonyl (C=O) groups is 1. The molecular formula is C14H19N3OS. The lowest BCUT2D eigenvalue weighted by molar-refractivity contribution is -0.115. The summed E-state index contributed by atoms with van der Waals surface area (Å²) in [6, 6.07) is 2.23. The zero-order chi connectivity index (χ0) is 14.0. The predicted octanol–water partition coefficient (Wildman–Crippen LogP) is 2.44. The highest BCUT2D eigenvalue weighted by Crippen LogP contribution is 2.38. The van der Waals surface area contributed by atoms with Crippen molar-refractivity contribution in [3.63, 3.8) is 0 Å². The van der Waals surface area contributed by atoms with E-state index in [4.69, 9.17) is 0 Å². The normalized spacial score (nSPS) is 14.0. The fourth-order valence-corrected chi connectivity index (χ4v) is 3.38. The van der Waals surface area contributed by atoms with Crippen molar-refractivity contribution in [2.24, 2.45) is 0 Å². The lowest BCUT2D eigenvalue weighted by Crippen LogP contribution is -2.41. The average molecular weight is 277 g/mol. The van der Waals surface area contributed by atoms with Crippen molar-refractivity contribution in [1.29, 1.82) is 5.26 Å². The summed E-state index contributed by atoms with van der Waals surface area (Å²) < 4.78 is 0. The van der Waals surface area contributed by atoms with Crippen molar-refractivity contribution in [1.82, 2.24) is 5.32 Å². The van der Waals surface area contributed by atoms with E-state index in [-0.39, 0.29) is 18.0 Å². The van der Waals surface area contributed by atoms with Gasteiger partial charge in [-0.2, -0.15) is 5.26 Å². The van der Waals surface area contributed by atoms with Crippen LogP contribution >= 0.6 is 11.3 Å². The molecule has 1 aromatic rings. The summed E-state index contributed by atoms with van der Waals surface area (Å²) in [6.45, 7) is 6.30. The topological polar surface area (TPSA) is 64.9 Å². The third kappa shape index (κ3) is 3.34. The van der Waals surface area contributed by atoms with Gasteiger partial charge < -0.3 is 10.6 Å². The first-order valence-electron chi connectivity index (χ1n) is 6.50. The van der Waals surface area contributed by atoms with E-state index in [1.807, 2.05) is 20.8 Å². The standard InChI is InChI=1S/C14H19N3OS/c1-14(2,3)16-8-12(18)17-13-10(7-15)9-5-4-6-11(9)19-13/h16H,4-6,8H2,1-3H3,(H,17,18). The lowest BCUT2D eigenvalue weighted by Gasteiger charge is -2.19. The van der Waals surface area contributed by atoms with Gasteiger partial charge in [0.15, 0.2) is 0 Å². The Hall–Kier alpha value is -1.38. The maximum Gasteiger partial charge on any atom is 0.238 e. The molecule has 0 radical (unpaired) electrons. The summed E-state index contributed by atoms with van der Waals surface area (Å²) in [5.74, 6) is -0.0913. The van der Waals surface area contributed by atoms with Crippen LogP contribution in [-0.2, 0) is 17.6 Å². The molecule has 4 nitrogen and oxygen atoms in total. The Morgan fingerprint density at radius 2 is 2.16 bits per heavy atom. The molecule has 0 bridgehead atoms. The monoisotopic (exact) mass is 277 g/mol. The number of fused-ring (bicyclic) bond motifs is 1. The van der Waals surface area contributed by atoms with Gasteiger partial charge in [0.1, 0.15) is 11.1 Å². The lowest BCUT2D eigenvalue weighted by atomic mass is 10.1. The predicted molar refractivity (Wildman–Crippen MR) is 77.4 cm³/mol. The molecule has 0 saturated carbocycles. The van der Waals surface area contributed by atoms with Crippen LogP contribution in [0.4, 0.5) is 5.00 Å². The molecule has 19 heavy (non-hydrogen) atoms. The Bertz CT molecular complexity index is 534. The molecule has 1 aliphatic rings. The molecular weight excluding hydrogens is 258 g/mol. The first-order chi connectivity index (χ1) is 8.90. The van der Waals surface area contributed by atoms with Gasteiger partial charge in [-0.1, -0.05) is 0 Å². The third-order valence-electron chi connectivity index (χ3n) is 3.07.